The number of carbonyl (C=O) groups is 1. The summed E-state index contributed by atoms with van der Waals surface area (Å²) in [4.78, 5) is 22.4. The Bertz CT molecular complexity index is 691. The first-order valence-corrected chi connectivity index (χ1v) is 6.48. The van der Waals surface area contributed by atoms with Gasteiger partial charge in [0.2, 0.25) is 0 Å². The lowest BCUT2D eigenvalue weighted by atomic mass is 10.0. The maximum atomic E-state index is 11.5. The Morgan fingerprint density at radius 1 is 1.25 bits per heavy atom. The van der Waals surface area contributed by atoms with Gasteiger partial charge in [-0.05, 0) is 30.4 Å². The molecular weight excluding hydrogens is 258 g/mol. The molecule has 5 nitrogen and oxygen atoms in total. The van der Waals surface area contributed by atoms with E-state index < -0.39 is 4.92 Å². The Morgan fingerprint density at radius 3 is 2.70 bits per heavy atom. The zero-order valence-corrected chi connectivity index (χ0v) is 10.7. The van der Waals surface area contributed by atoms with Crippen molar-refractivity contribution in [1.29, 1.82) is 0 Å². The van der Waals surface area contributed by atoms with Crippen molar-refractivity contribution in [2.75, 3.05) is 0 Å². The van der Waals surface area contributed by atoms with Crippen molar-refractivity contribution in [1.82, 2.24) is 0 Å². The molecule has 5 heteroatoms. The van der Waals surface area contributed by atoms with Crippen LogP contribution in [0.15, 0.2) is 36.4 Å². The number of rotatable bonds is 4. The summed E-state index contributed by atoms with van der Waals surface area (Å²) in [5.41, 5.74) is 0.453. The van der Waals surface area contributed by atoms with E-state index in [1.807, 2.05) is 18.2 Å². The van der Waals surface area contributed by atoms with Gasteiger partial charge in [0.1, 0.15) is 6.61 Å². The number of nitro benzene ring substituents is 1. The van der Waals surface area contributed by atoms with Crippen LogP contribution in [0.25, 0.3) is 10.8 Å². The van der Waals surface area contributed by atoms with Gasteiger partial charge in [0, 0.05) is 0 Å². The first kappa shape index (κ1) is 12.6. The molecule has 2 aromatic carbocycles. The molecule has 0 aromatic heterocycles. The van der Waals surface area contributed by atoms with E-state index in [9.17, 15) is 14.9 Å². The lowest BCUT2D eigenvalue weighted by molar-refractivity contribution is -0.384. The number of esters is 1. The van der Waals surface area contributed by atoms with Crippen molar-refractivity contribution in [2.45, 2.75) is 19.4 Å². The van der Waals surface area contributed by atoms with E-state index in [0.717, 1.165) is 18.2 Å². The highest BCUT2D eigenvalue weighted by Gasteiger charge is 2.31. The van der Waals surface area contributed by atoms with Crippen LogP contribution >= 0.6 is 0 Å². The molecule has 0 saturated heterocycles. The van der Waals surface area contributed by atoms with Gasteiger partial charge < -0.3 is 4.74 Å². The number of ether oxygens (including phenoxy) is 1. The van der Waals surface area contributed by atoms with Gasteiger partial charge in [-0.1, -0.05) is 24.3 Å². The second kappa shape index (κ2) is 4.92. The summed E-state index contributed by atoms with van der Waals surface area (Å²) in [6, 6.07) is 10.6. The molecule has 0 amide bonds. The third-order valence-corrected chi connectivity index (χ3v) is 3.45. The van der Waals surface area contributed by atoms with Crippen LogP contribution in [0.2, 0.25) is 0 Å². The first-order chi connectivity index (χ1) is 9.66. The number of hydrogen-bond donors (Lipinski definition) is 0. The Morgan fingerprint density at radius 2 is 2.00 bits per heavy atom. The van der Waals surface area contributed by atoms with Gasteiger partial charge in [0.25, 0.3) is 5.69 Å². The smallest absolute Gasteiger partial charge is 0.309 e. The van der Waals surface area contributed by atoms with Crippen LogP contribution < -0.4 is 0 Å². The van der Waals surface area contributed by atoms with E-state index in [1.54, 1.807) is 18.2 Å². The van der Waals surface area contributed by atoms with Crippen molar-refractivity contribution >= 4 is 22.4 Å². The molecule has 0 atom stereocenters. The highest BCUT2D eigenvalue weighted by Crippen LogP contribution is 2.32. The summed E-state index contributed by atoms with van der Waals surface area (Å²) in [6.45, 7) is -0.0452. The molecule has 0 heterocycles. The topological polar surface area (TPSA) is 69.4 Å². The average molecular weight is 271 g/mol. The van der Waals surface area contributed by atoms with Gasteiger partial charge in [-0.3, -0.25) is 14.9 Å². The molecule has 0 radical (unpaired) electrons. The normalized spacial score (nSPS) is 14.2. The first-order valence-electron chi connectivity index (χ1n) is 6.48. The summed E-state index contributed by atoms with van der Waals surface area (Å²) in [5.74, 6) is -0.262. The summed E-state index contributed by atoms with van der Waals surface area (Å²) < 4.78 is 5.15. The number of carbonyl (C=O) groups excluding carboxylic acids is 1. The maximum Gasteiger partial charge on any atom is 0.309 e. The Hall–Kier alpha value is -2.43. The predicted octanol–water partition coefficient (Wildman–Crippen LogP) is 3.20. The minimum absolute atomic E-state index is 0.00508. The Balaban J connectivity index is 1.94. The SMILES string of the molecule is O=C(OCc1ccc2ccccc2c1[N+](=O)[O-])C1CC1. The third-order valence-electron chi connectivity index (χ3n) is 3.45. The zero-order chi connectivity index (χ0) is 14.1. The minimum atomic E-state index is -0.414. The fraction of sp³-hybridized carbons (Fsp3) is 0.267. The van der Waals surface area contributed by atoms with E-state index in [4.69, 9.17) is 4.74 Å². The minimum Gasteiger partial charge on any atom is -0.460 e. The van der Waals surface area contributed by atoms with Crippen molar-refractivity contribution in [3.8, 4) is 0 Å². The van der Waals surface area contributed by atoms with E-state index >= 15 is 0 Å². The molecule has 102 valence electrons. The summed E-state index contributed by atoms with van der Waals surface area (Å²) in [6.07, 6.45) is 1.72. The highest BCUT2D eigenvalue weighted by atomic mass is 16.6. The Kier molecular flexibility index (Phi) is 3.10. The van der Waals surface area contributed by atoms with Gasteiger partial charge in [0.15, 0.2) is 0 Å². The second-order valence-corrected chi connectivity index (χ2v) is 4.93. The zero-order valence-electron chi connectivity index (χ0n) is 10.7. The largest absolute Gasteiger partial charge is 0.460 e. The van der Waals surface area contributed by atoms with Crippen LogP contribution in [0.1, 0.15) is 18.4 Å². The van der Waals surface area contributed by atoms with E-state index in [-0.39, 0.29) is 24.2 Å². The van der Waals surface area contributed by atoms with Crippen LogP contribution in [0, 0.1) is 16.0 Å². The molecule has 0 aliphatic heterocycles. The van der Waals surface area contributed by atoms with Gasteiger partial charge in [-0.25, -0.2) is 0 Å². The van der Waals surface area contributed by atoms with E-state index in [0.29, 0.717) is 10.9 Å². The van der Waals surface area contributed by atoms with Crippen molar-refractivity contribution in [3.63, 3.8) is 0 Å². The molecule has 2 aromatic rings. The molecule has 0 bridgehead atoms. The standard InChI is InChI=1S/C15H13NO4/c17-15(11-6-7-11)20-9-12-8-5-10-3-1-2-4-13(10)14(12)16(18)19/h1-5,8,11H,6-7,9H2. The number of benzene rings is 2. The van der Waals surface area contributed by atoms with Gasteiger partial charge in [-0.15, -0.1) is 0 Å². The monoisotopic (exact) mass is 271 g/mol. The highest BCUT2D eigenvalue weighted by molar-refractivity contribution is 5.92. The van der Waals surface area contributed by atoms with Crippen LogP contribution in [-0.4, -0.2) is 10.9 Å². The summed E-state index contributed by atoms with van der Waals surface area (Å²) in [5, 5.41) is 12.7. The fourth-order valence-electron chi connectivity index (χ4n) is 2.22. The van der Waals surface area contributed by atoms with Gasteiger partial charge in [-0.2, -0.15) is 0 Å². The van der Waals surface area contributed by atoms with Crippen LogP contribution in [0.5, 0.6) is 0 Å². The molecule has 1 fully saturated rings. The molecule has 20 heavy (non-hydrogen) atoms. The van der Waals surface area contributed by atoms with Crippen molar-refractivity contribution < 1.29 is 14.5 Å². The van der Waals surface area contributed by atoms with Crippen LogP contribution in [0.4, 0.5) is 5.69 Å². The van der Waals surface area contributed by atoms with E-state index in [1.165, 1.54) is 0 Å². The molecular formula is C15H13NO4. The molecule has 0 spiro atoms. The average Bonchev–Trinajstić information content (AvgIpc) is 3.28. The molecule has 3 rings (SSSR count). The number of hydrogen-bond acceptors (Lipinski definition) is 4. The molecule has 0 unspecified atom stereocenters. The van der Waals surface area contributed by atoms with Gasteiger partial charge >= 0.3 is 5.97 Å². The van der Waals surface area contributed by atoms with E-state index in [2.05, 4.69) is 0 Å². The Labute approximate surface area is 115 Å². The third kappa shape index (κ3) is 2.34. The van der Waals surface area contributed by atoms with Crippen molar-refractivity contribution in [2.24, 2.45) is 5.92 Å². The molecule has 1 saturated carbocycles. The molecule has 0 N–H and O–H groups in total. The summed E-state index contributed by atoms with van der Waals surface area (Å²) >= 11 is 0. The maximum absolute atomic E-state index is 11.5. The summed E-state index contributed by atoms with van der Waals surface area (Å²) in [7, 11) is 0. The van der Waals surface area contributed by atoms with Crippen LogP contribution in [-0.2, 0) is 16.1 Å². The number of nitrogens with zero attached hydrogens (tertiary/aromatic N) is 1. The lowest BCUT2D eigenvalue weighted by Gasteiger charge is -2.07. The number of fused-ring (bicyclic) bond motifs is 1. The molecule has 1 aliphatic carbocycles. The lowest BCUT2D eigenvalue weighted by Crippen LogP contribution is -2.07. The fourth-order valence-corrected chi connectivity index (χ4v) is 2.22. The van der Waals surface area contributed by atoms with Gasteiger partial charge in [0.05, 0.1) is 21.8 Å². The second-order valence-electron chi connectivity index (χ2n) is 4.93. The molecule has 1 aliphatic rings. The predicted molar refractivity (Wildman–Crippen MR) is 73.1 cm³/mol. The van der Waals surface area contributed by atoms with Crippen LogP contribution in [0.3, 0.4) is 0 Å². The quantitative estimate of drug-likeness (QED) is 0.486. The number of nitro groups is 1. The van der Waals surface area contributed by atoms with Crippen molar-refractivity contribution in [3.05, 3.63) is 52.1 Å².